The zero-order chi connectivity index (χ0) is 23.5. The number of benzene rings is 2. The van der Waals surface area contributed by atoms with Gasteiger partial charge in [-0.3, -0.25) is 9.69 Å². The number of nitrogens with zero attached hydrogens (tertiary/aromatic N) is 2. The molecule has 0 saturated heterocycles. The molecule has 0 bridgehead atoms. The minimum Gasteiger partial charge on any atom is -0.497 e. The van der Waals surface area contributed by atoms with Gasteiger partial charge in [-0.2, -0.15) is 0 Å². The molecule has 2 aromatic heterocycles. The Bertz CT molecular complexity index is 1260. The van der Waals surface area contributed by atoms with Crippen LogP contribution in [0.3, 0.4) is 0 Å². The molecular formula is C26H27N3O2S3. The van der Waals surface area contributed by atoms with Gasteiger partial charge in [-0.05, 0) is 54.9 Å². The lowest BCUT2D eigenvalue weighted by molar-refractivity contribution is -0.115. The number of fused-ring (bicyclic) bond motifs is 2. The summed E-state index contributed by atoms with van der Waals surface area (Å²) in [5.41, 5.74) is 3.51. The van der Waals surface area contributed by atoms with Crippen LogP contribution < -0.4 is 10.1 Å². The molecule has 176 valence electrons. The van der Waals surface area contributed by atoms with Gasteiger partial charge < -0.3 is 10.1 Å². The highest BCUT2D eigenvalue weighted by Crippen LogP contribution is 2.45. The quantitative estimate of drug-likeness (QED) is 0.274. The molecule has 1 aliphatic rings. The third-order valence-corrected chi connectivity index (χ3v) is 9.20. The van der Waals surface area contributed by atoms with Crippen LogP contribution in [0.2, 0.25) is 0 Å². The number of ether oxygens (including phenoxy) is 1. The highest BCUT2D eigenvalue weighted by Gasteiger charge is 2.27. The smallest absolute Gasteiger partial charge is 0.225 e. The van der Waals surface area contributed by atoms with Crippen LogP contribution in [0.4, 0.5) is 5.00 Å². The van der Waals surface area contributed by atoms with Crippen molar-refractivity contribution in [1.29, 1.82) is 0 Å². The molecule has 0 atom stereocenters. The minimum atomic E-state index is 0.0503. The van der Waals surface area contributed by atoms with Crippen molar-refractivity contribution < 1.29 is 9.53 Å². The second kappa shape index (κ2) is 10.5. The Morgan fingerprint density at radius 3 is 2.76 bits per heavy atom. The summed E-state index contributed by atoms with van der Waals surface area (Å²) in [5.74, 6) is 1.62. The largest absolute Gasteiger partial charge is 0.497 e. The Morgan fingerprint density at radius 1 is 1.18 bits per heavy atom. The highest BCUT2D eigenvalue weighted by molar-refractivity contribution is 7.99. The molecule has 0 unspecified atom stereocenters. The third-order valence-electron chi connectivity index (χ3n) is 6.00. The van der Waals surface area contributed by atoms with Crippen LogP contribution in [-0.2, 0) is 17.8 Å². The lowest BCUT2D eigenvalue weighted by Gasteiger charge is -2.25. The Kier molecular flexibility index (Phi) is 7.20. The van der Waals surface area contributed by atoms with E-state index in [9.17, 15) is 4.79 Å². The summed E-state index contributed by atoms with van der Waals surface area (Å²) in [6, 6.07) is 16.2. The number of thiophene rings is 1. The summed E-state index contributed by atoms with van der Waals surface area (Å²) in [6.45, 7) is 5.23. The summed E-state index contributed by atoms with van der Waals surface area (Å²) < 4.78 is 6.39. The van der Waals surface area contributed by atoms with E-state index in [-0.39, 0.29) is 5.91 Å². The van der Waals surface area contributed by atoms with E-state index in [1.807, 2.05) is 30.3 Å². The average molecular weight is 510 g/mol. The first kappa shape index (κ1) is 23.4. The van der Waals surface area contributed by atoms with Crippen molar-refractivity contribution in [3.63, 3.8) is 0 Å². The van der Waals surface area contributed by atoms with Gasteiger partial charge in [-0.15, -0.1) is 34.4 Å². The lowest BCUT2D eigenvalue weighted by Crippen LogP contribution is -2.29. The first-order valence-corrected chi connectivity index (χ1v) is 14.1. The number of aromatic nitrogens is 1. The Balaban J connectivity index is 1.34. The van der Waals surface area contributed by atoms with Crippen LogP contribution in [0.15, 0.2) is 53.4 Å². The number of hydrogen-bond acceptors (Lipinski definition) is 7. The summed E-state index contributed by atoms with van der Waals surface area (Å²) in [4.78, 5) is 22.8. The van der Waals surface area contributed by atoms with E-state index < -0.39 is 0 Å². The molecule has 0 radical (unpaired) electrons. The molecule has 1 amide bonds. The van der Waals surface area contributed by atoms with Crippen LogP contribution >= 0.6 is 34.4 Å². The number of methoxy groups -OCH3 is 1. The van der Waals surface area contributed by atoms with Crippen molar-refractivity contribution in [1.82, 2.24) is 9.88 Å². The Hall–Kier alpha value is -2.39. The fourth-order valence-corrected chi connectivity index (χ4v) is 7.41. The van der Waals surface area contributed by atoms with Gasteiger partial charge in [0, 0.05) is 40.6 Å². The molecule has 0 fully saturated rings. The molecule has 0 spiro atoms. The van der Waals surface area contributed by atoms with E-state index in [0.717, 1.165) is 63.5 Å². The zero-order valence-corrected chi connectivity index (χ0v) is 21.7. The predicted octanol–water partition coefficient (Wildman–Crippen LogP) is 6.53. The maximum Gasteiger partial charge on any atom is 0.225 e. The SMILES string of the molecule is CCN1CCc2c(sc(NC(=O)CCSc3ccc(OC)cc3)c2-c2nc3ccccc3s2)C1. The molecule has 1 aliphatic heterocycles. The molecule has 5 rings (SSSR count). The van der Waals surface area contributed by atoms with E-state index in [4.69, 9.17) is 9.72 Å². The highest BCUT2D eigenvalue weighted by atomic mass is 32.2. The maximum atomic E-state index is 12.9. The monoisotopic (exact) mass is 509 g/mol. The number of likely N-dealkylation sites (N-methyl/N-ethyl adjacent to an activating group) is 1. The molecule has 1 N–H and O–H groups in total. The average Bonchev–Trinajstić information content (AvgIpc) is 3.44. The minimum absolute atomic E-state index is 0.0503. The normalized spacial score (nSPS) is 13.7. The molecule has 2 aromatic carbocycles. The Morgan fingerprint density at radius 2 is 2.00 bits per heavy atom. The number of hydrogen-bond donors (Lipinski definition) is 1. The van der Waals surface area contributed by atoms with Crippen molar-refractivity contribution in [2.75, 3.05) is 31.3 Å². The van der Waals surface area contributed by atoms with Gasteiger partial charge in [0.25, 0.3) is 0 Å². The second-order valence-corrected chi connectivity index (χ2v) is 11.4. The standard InChI is InChI=1S/C26H27N3O2S3/c1-3-29-14-12-19-22(16-29)34-26(24(19)25-27-20-6-4-5-7-21(20)33-25)28-23(30)13-15-32-18-10-8-17(31-2)9-11-18/h4-11H,3,12-16H2,1-2H3,(H,28,30). The Labute approximate surface area is 212 Å². The van der Waals surface area contributed by atoms with Crippen molar-refractivity contribution in [3.05, 3.63) is 59.0 Å². The fourth-order valence-electron chi connectivity index (χ4n) is 4.14. The third kappa shape index (κ3) is 5.00. The van der Waals surface area contributed by atoms with Crippen LogP contribution in [0.5, 0.6) is 5.75 Å². The number of thioether (sulfide) groups is 1. The van der Waals surface area contributed by atoms with Gasteiger partial charge in [0.2, 0.25) is 5.91 Å². The fraction of sp³-hybridized carbons (Fsp3) is 0.308. The number of carbonyl (C=O) groups is 1. The van der Waals surface area contributed by atoms with E-state index in [2.05, 4.69) is 35.3 Å². The van der Waals surface area contributed by atoms with Gasteiger partial charge in [0.05, 0.1) is 17.3 Å². The summed E-state index contributed by atoms with van der Waals surface area (Å²) >= 11 is 5.11. The summed E-state index contributed by atoms with van der Waals surface area (Å²) in [6.07, 6.45) is 1.45. The first-order chi connectivity index (χ1) is 16.6. The van der Waals surface area contributed by atoms with Crippen LogP contribution in [0.1, 0.15) is 23.8 Å². The predicted molar refractivity (Wildman–Crippen MR) is 145 cm³/mol. The number of anilines is 1. The van der Waals surface area contributed by atoms with E-state index in [0.29, 0.717) is 6.42 Å². The maximum absolute atomic E-state index is 12.9. The van der Waals surface area contributed by atoms with E-state index in [1.54, 1.807) is 41.5 Å². The van der Waals surface area contributed by atoms with E-state index in [1.165, 1.54) is 15.1 Å². The molecule has 5 nitrogen and oxygen atoms in total. The van der Waals surface area contributed by atoms with Gasteiger partial charge in [-0.1, -0.05) is 19.1 Å². The summed E-state index contributed by atoms with van der Waals surface area (Å²) in [7, 11) is 1.66. The molecule has 0 saturated carbocycles. The number of rotatable bonds is 8. The topological polar surface area (TPSA) is 54.5 Å². The zero-order valence-electron chi connectivity index (χ0n) is 19.3. The molecule has 8 heteroatoms. The van der Waals surface area contributed by atoms with Crippen LogP contribution in [0, 0.1) is 0 Å². The molecule has 34 heavy (non-hydrogen) atoms. The van der Waals surface area contributed by atoms with Crippen LogP contribution in [-0.4, -0.2) is 41.7 Å². The van der Waals surface area contributed by atoms with Crippen LogP contribution in [0.25, 0.3) is 20.8 Å². The first-order valence-electron chi connectivity index (χ1n) is 11.4. The van der Waals surface area contributed by atoms with Gasteiger partial charge >= 0.3 is 0 Å². The molecular weight excluding hydrogens is 483 g/mol. The van der Waals surface area contributed by atoms with Crippen molar-refractivity contribution in [3.8, 4) is 16.3 Å². The lowest BCUT2D eigenvalue weighted by atomic mass is 10.0. The van der Waals surface area contributed by atoms with Gasteiger partial charge in [0.15, 0.2) is 0 Å². The molecule has 3 heterocycles. The number of amides is 1. The van der Waals surface area contributed by atoms with Crippen molar-refractivity contribution in [2.45, 2.75) is 31.2 Å². The van der Waals surface area contributed by atoms with E-state index >= 15 is 0 Å². The number of nitrogens with one attached hydrogen (secondary N) is 1. The number of para-hydroxylation sites is 1. The number of thiazole rings is 1. The molecule has 4 aromatic rings. The number of carbonyl (C=O) groups excluding carboxylic acids is 1. The molecule has 0 aliphatic carbocycles. The second-order valence-electron chi connectivity index (χ2n) is 8.14. The van der Waals surface area contributed by atoms with Gasteiger partial charge in [0.1, 0.15) is 15.8 Å². The summed E-state index contributed by atoms with van der Waals surface area (Å²) in [5, 5.41) is 5.19. The van der Waals surface area contributed by atoms with Crippen molar-refractivity contribution >= 4 is 55.6 Å². The van der Waals surface area contributed by atoms with Crippen molar-refractivity contribution in [2.24, 2.45) is 0 Å². The van der Waals surface area contributed by atoms with Gasteiger partial charge in [-0.25, -0.2) is 4.98 Å².